The van der Waals surface area contributed by atoms with Gasteiger partial charge in [-0.3, -0.25) is 9.69 Å². The number of aryl methyl sites for hydroxylation is 1. The highest BCUT2D eigenvalue weighted by Gasteiger charge is 2.22. The topological polar surface area (TPSA) is 94.4 Å². The lowest BCUT2D eigenvalue weighted by Crippen LogP contribution is -2.32. The van der Waals surface area contributed by atoms with E-state index in [4.69, 9.17) is 9.72 Å². The molecular formula is C24H26N4O4S2. The molecule has 8 nitrogen and oxygen atoms in total. The number of hydrogen-bond acceptors (Lipinski definition) is 7. The van der Waals surface area contributed by atoms with Crippen molar-refractivity contribution in [3.05, 3.63) is 66.7 Å². The third-order valence-electron chi connectivity index (χ3n) is 5.33. The van der Waals surface area contributed by atoms with Gasteiger partial charge in [0.25, 0.3) is 5.91 Å². The van der Waals surface area contributed by atoms with E-state index < -0.39 is 9.84 Å². The molecule has 0 saturated heterocycles. The summed E-state index contributed by atoms with van der Waals surface area (Å²) in [5.74, 6) is 0.543. The third kappa shape index (κ3) is 5.28. The predicted molar refractivity (Wildman–Crippen MR) is 133 cm³/mol. The van der Waals surface area contributed by atoms with Crippen LogP contribution in [0.15, 0.2) is 66.1 Å². The van der Waals surface area contributed by atoms with Crippen molar-refractivity contribution < 1.29 is 17.9 Å². The molecule has 0 radical (unpaired) electrons. The molecule has 0 spiro atoms. The molecule has 0 fully saturated rings. The second-order valence-corrected chi connectivity index (χ2v) is 10.9. The van der Waals surface area contributed by atoms with Crippen LogP contribution in [0.25, 0.3) is 10.2 Å². The van der Waals surface area contributed by atoms with Crippen LogP contribution in [0, 0.1) is 0 Å². The van der Waals surface area contributed by atoms with E-state index in [2.05, 4.69) is 4.98 Å². The van der Waals surface area contributed by atoms with Gasteiger partial charge in [-0.15, -0.1) is 0 Å². The zero-order valence-corrected chi connectivity index (χ0v) is 20.7. The first-order chi connectivity index (χ1) is 16.4. The molecule has 2 aromatic carbocycles. The fraction of sp³-hybridized carbons (Fsp3) is 0.292. The first-order valence-electron chi connectivity index (χ1n) is 11.0. The Bertz CT molecular complexity index is 1360. The van der Waals surface area contributed by atoms with E-state index in [1.807, 2.05) is 35.9 Å². The maximum Gasteiger partial charge on any atom is 0.260 e. The fourth-order valence-electron chi connectivity index (χ4n) is 3.51. The molecule has 0 saturated carbocycles. The number of aromatic nitrogens is 3. The van der Waals surface area contributed by atoms with Gasteiger partial charge >= 0.3 is 0 Å². The number of anilines is 1. The molecule has 2 heterocycles. The van der Waals surface area contributed by atoms with Crippen LogP contribution in [0.4, 0.5) is 5.13 Å². The Morgan fingerprint density at radius 3 is 2.62 bits per heavy atom. The zero-order valence-electron chi connectivity index (χ0n) is 19.0. The van der Waals surface area contributed by atoms with Crippen molar-refractivity contribution in [2.24, 2.45) is 0 Å². The Kier molecular flexibility index (Phi) is 7.28. The van der Waals surface area contributed by atoms with E-state index in [9.17, 15) is 13.2 Å². The van der Waals surface area contributed by atoms with Crippen molar-refractivity contribution in [1.29, 1.82) is 0 Å². The average Bonchev–Trinajstić information content (AvgIpc) is 3.51. The number of sulfone groups is 1. The van der Waals surface area contributed by atoms with Crippen LogP contribution in [-0.2, 0) is 16.4 Å². The van der Waals surface area contributed by atoms with Crippen LogP contribution in [0.3, 0.4) is 0 Å². The first-order valence-corrected chi connectivity index (χ1v) is 13.5. The molecular weight excluding hydrogens is 472 g/mol. The van der Waals surface area contributed by atoms with Crippen LogP contribution in [0.2, 0.25) is 0 Å². The van der Waals surface area contributed by atoms with E-state index in [1.54, 1.807) is 36.5 Å². The Labute approximate surface area is 202 Å². The summed E-state index contributed by atoms with van der Waals surface area (Å²) >= 11 is 1.43. The number of nitrogens with zero attached hydrogens (tertiary/aromatic N) is 4. The predicted octanol–water partition coefficient (Wildman–Crippen LogP) is 4.42. The molecule has 0 atom stereocenters. The first kappa shape index (κ1) is 23.9. The van der Waals surface area contributed by atoms with Gasteiger partial charge in [-0.1, -0.05) is 18.3 Å². The van der Waals surface area contributed by atoms with Crippen molar-refractivity contribution >= 4 is 42.4 Å². The Morgan fingerprint density at radius 2 is 1.94 bits per heavy atom. The minimum atomic E-state index is -3.33. The van der Waals surface area contributed by atoms with Gasteiger partial charge in [-0.2, -0.15) is 0 Å². The van der Waals surface area contributed by atoms with Crippen molar-refractivity contribution in [3.63, 3.8) is 0 Å². The summed E-state index contributed by atoms with van der Waals surface area (Å²) in [6.07, 6.45) is 6.04. The minimum absolute atomic E-state index is 0.0100. The van der Waals surface area contributed by atoms with E-state index >= 15 is 0 Å². The number of ether oxygens (including phenoxy) is 1. The van der Waals surface area contributed by atoms with Gasteiger partial charge in [0.1, 0.15) is 5.75 Å². The van der Waals surface area contributed by atoms with Gasteiger partial charge in [0.15, 0.2) is 15.0 Å². The number of imidazole rings is 1. The van der Waals surface area contributed by atoms with Gasteiger partial charge in [0.2, 0.25) is 0 Å². The van der Waals surface area contributed by atoms with Gasteiger partial charge < -0.3 is 9.30 Å². The fourth-order valence-corrected chi connectivity index (χ4v) is 5.41. The minimum Gasteiger partial charge on any atom is -0.494 e. The van der Waals surface area contributed by atoms with Gasteiger partial charge in [0.05, 0.1) is 33.8 Å². The molecule has 0 aliphatic heterocycles. The van der Waals surface area contributed by atoms with Crippen molar-refractivity contribution in [2.45, 2.75) is 31.7 Å². The molecule has 1 amide bonds. The molecule has 0 unspecified atom stereocenters. The molecule has 4 rings (SSSR count). The Balaban J connectivity index is 1.63. The number of carbonyl (C=O) groups is 1. The molecule has 2 aromatic heterocycles. The summed E-state index contributed by atoms with van der Waals surface area (Å²) in [6, 6.07) is 11.8. The Hall–Kier alpha value is -3.24. The molecule has 0 aliphatic rings. The summed E-state index contributed by atoms with van der Waals surface area (Å²) in [5.41, 5.74) is 1.20. The van der Waals surface area contributed by atoms with Gasteiger partial charge in [-0.25, -0.2) is 18.4 Å². The van der Waals surface area contributed by atoms with Crippen LogP contribution in [-0.4, -0.2) is 47.8 Å². The Morgan fingerprint density at radius 1 is 1.15 bits per heavy atom. The number of thiazole rings is 1. The van der Waals surface area contributed by atoms with Crippen molar-refractivity contribution in [3.8, 4) is 5.75 Å². The smallest absolute Gasteiger partial charge is 0.260 e. The largest absolute Gasteiger partial charge is 0.494 e. The lowest BCUT2D eigenvalue weighted by Gasteiger charge is -2.20. The standard InChI is InChI=1S/C24H26N4O4S2/c1-3-32-19-8-11-21-22(16-19)33-24(26-21)28(14-5-13-27-15-12-25-17-27)23(29)18-6-9-20(10-7-18)34(30,31)4-2/h6-12,15-17H,3-5,13-14H2,1-2H3. The summed E-state index contributed by atoms with van der Waals surface area (Å²) in [4.78, 5) is 24.1. The molecule has 0 N–H and O–H groups in total. The highest BCUT2D eigenvalue weighted by molar-refractivity contribution is 7.91. The van der Waals surface area contributed by atoms with E-state index in [1.165, 1.54) is 23.5 Å². The number of amides is 1. The van der Waals surface area contributed by atoms with E-state index in [0.29, 0.717) is 36.8 Å². The monoisotopic (exact) mass is 498 g/mol. The molecule has 34 heavy (non-hydrogen) atoms. The quantitative estimate of drug-likeness (QED) is 0.321. The van der Waals surface area contributed by atoms with Crippen molar-refractivity contribution in [1.82, 2.24) is 14.5 Å². The lowest BCUT2D eigenvalue weighted by atomic mass is 10.2. The van der Waals surface area contributed by atoms with E-state index in [-0.39, 0.29) is 16.6 Å². The van der Waals surface area contributed by atoms with Crippen molar-refractivity contribution in [2.75, 3.05) is 23.8 Å². The summed E-state index contributed by atoms with van der Waals surface area (Å²) < 4.78 is 32.8. The molecule has 178 valence electrons. The molecule has 10 heteroatoms. The van der Waals surface area contributed by atoms with Gasteiger partial charge in [-0.05, 0) is 55.8 Å². The van der Waals surface area contributed by atoms with Crippen LogP contribution >= 0.6 is 11.3 Å². The SMILES string of the molecule is CCOc1ccc2nc(N(CCCn3ccnc3)C(=O)c3ccc(S(=O)(=O)CC)cc3)sc2c1. The molecule has 0 aliphatic carbocycles. The highest BCUT2D eigenvalue weighted by atomic mass is 32.2. The highest BCUT2D eigenvalue weighted by Crippen LogP contribution is 2.32. The normalized spacial score (nSPS) is 11.6. The third-order valence-corrected chi connectivity index (χ3v) is 8.12. The van der Waals surface area contributed by atoms with Crippen LogP contribution < -0.4 is 9.64 Å². The maximum atomic E-state index is 13.5. The molecule has 0 bridgehead atoms. The summed E-state index contributed by atoms with van der Waals surface area (Å²) in [7, 11) is -3.33. The summed E-state index contributed by atoms with van der Waals surface area (Å²) in [5, 5.41) is 0.588. The van der Waals surface area contributed by atoms with Crippen LogP contribution in [0.5, 0.6) is 5.75 Å². The summed E-state index contributed by atoms with van der Waals surface area (Å²) in [6.45, 7) is 5.25. The second-order valence-electron chi connectivity index (χ2n) is 7.60. The number of benzene rings is 2. The van der Waals surface area contributed by atoms with Crippen LogP contribution in [0.1, 0.15) is 30.6 Å². The van der Waals surface area contributed by atoms with E-state index in [0.717, 1.165) is 16.0 Å². The lowest BCUT2D eigenvalue weighted by molar-refractivity contribution is 0.0986. The number of fused-ring (bicyclic) bond motifs is 1. The maximum absolute atomic E-state index is 13.5. The second kappa shape index (κ2) is 10.4. The number of rotatable bonds is 10. The molecule has 4 aromatic rings. The number of carbonyl (C=O) groups excluding carboxylic acids is 1. The zero-order chi connectivity index (χ0) is 24.1. The number of hydrogen-bond donors (Lipinski definition) is 0. The average molecular weight is 499 g/mol. The van der Waals surface area contributed by atoms with Gasteiger partial charge in [0, 0.05) is 31.0 Å².